The van der Waals surface area contributed by atoms with E-state index in [1.54, 1.807) is 0 Å². The predicted molar refractivity (Wildman–Crippen MR) is 148 cm³/mol. The largest absolute Gasteiger partial charge is 0.358 e. The zero-order valence-corrected chi connectivity index (χ0v) is 26.9. The van der Waals surface area contributed by atoms with E-state index in [1.165, 1.54) is 12.1 Å². The van der Waals surface area contributed by atoms with Crippen molar-refractivity contribution in [2.75, 3.05) is 18.8 Å². The Morgan fingerprint density at radius 1 is 1.15 bits per heavy atom. The van der Waals surface area contributed by atoms with E-state index < -0.39 is 23.1 Å². The van der Waals surface area contributed by atoms with Crippen molar-refractivity contribution < 1.29 is 64.3 Å². The van der Waals surface area contributed by atoms with Gasteiger partial charge in [0.05, 0.1) is 0 Å². The Kier molecular flexibility index (Phi) is 17.3. The number of amides is 2. The molecule has 39 heavy (non-hydrogen) atoms. The van der Waals surface area contributed by atoms with Gasteiger partial charge >= 0.3 is 0 Å². The Bertz CT molecular complexity index is 1100. The number of hydrogen-bond acceptors (Lipinski definition) is 5. The first-order chi connectivity index (χ1) is 18.2. The van der Waals surface area contributed by atoms with Crippen LogP contribution in [0.4, 0.5) is 8.78 Å². The summed E-state index contributed by atoms with van der Waals surface area (Å²) < 4.78 is 40.0. The Morgan fingerprint density at radius 3 is 2.54 bits per heavy atom. The number of rotatable bonds is 16. The quantitative estimate of drug-likeness (QED) is 0.0926. The van der Waals surface area contributed by atoms with Crippen molar-refractivity contribution in [3.05, 3.63) is 64.2 Å². The number of nitrogens with one attached hydrogen (secondary N) is 3. The molecule has 0 saturated carbocycles. The summed E-state index contributed by atoms with van der Waals surface area (Å²) in [5.74, 6) is -0.0704. The normalized spacial score (nSPS) is 12.5. The van der Waals surface area contributed by atoms with Gasteiger partial charge in [0.2, 0.25) is 12.3 Å². The van der Waals surface area contributed by atoms with Crippen LogP contribution in [0.15, 0.2) is 35.2 Å². The first-order valence-corrected chi connectivity index (χ1v) is 14.5. The van der Waals surface area contributed by atoms with Gasteiger partial charge in [-0.1, -0.05) is 29.7 Å². The molecule has 0 radical (unpaired) electrons. The minimum absolute atomic E-state index is 0. The van der Waals surface area contributed by atoms with Crippen LogP contribution in [0.1, 0.15) is 78.6 Å². The maximum absolute atomic E-state index is 13.8. The van der Waals surface area contributed by atoms with Crippen LogP contribution in [0, 0.1) is 54.7 Å². The smallest absolute Gasteiger partial charge is 0.222 e. The van der Waals surface area contributed by atoms with Crippen molar-refractivity contribution in [3.63, 3.8) is 0 Å². The van der Waals surface area contributed by atoms with Gasteiger partial charge in [0.25, 0.3) is 0 Å². The van der Waals surface area contributed by atoms with Crippen LogP contribution < -0.4 is 21.7 Å². The molecule has 2 rings (SSSR count). The summed E-state index contributed by atoms with van der Waals surface area (Å²) >= 11 is 0. The Labute approximate surface area is 266 Å². The van der Waals surface area contributed by atoms with Gasteiger partial charge in [-0.25, -0.2) is 8.78 Å². The third-order valence-corrected chi connectivity index (χ3v) is 7.77. The fourth-order valence-electron chi connectivity index (χ4n) is 4.07. The monoisotopic (exact) mass is 690 g/mol. The SMILES string of the molecule is CC[C@H](CCCNCc1[c-]cc(C(=O)NCc2cc(C)ccc2[SH+](=O)CC)cc1C(F)F)NC(=O)CCN.[Ce]. The number of carbonyl (C=O) groups excluding carboxylic acids is 2. The van der Waals surface area contributed by atoms with Gasteiger partial charge in [0.15, 0.2) is 10.8 Å². The molecule has 0 spiro atoms. The van der Waals surface area contributed by atoms with E-state index in [4.69, 9.17) is 5.73 Å². The maximum Gasteiger partial charge on any atom is 0.222 e. The fourth-order valence-corrected chi connectivity index (χ4v) is 5.11. The first-order valence-electron chi connectivity index (χ1n) is 13.0. The predicted octanol–water partition coefficient (Wildman–Crippen LogP) is 3.85. The third kappa shape index (κ3) is 12.0. The van der Waals surface area contributed by atoms with Crippen LogP contribution in [0.25, 0.3) is 0 Å². The molecule has 2 aromatic rings. The second-order valence-electron chi connectivity index (χ2n) is 9.16. The van der Waals surface area contributed by atoms with Crippen molar-refractivity contribution in [3.8, 4) is 0 Å². The maximum atomic E-state index is 13.8. The summed E-state index contributed by atoms with van der Waals surface area (Å²) in [5, 5.41) is 8.86. The summed E-state index contributed by atoms with van der Waals surface area (Å²) in [6, 6.07) is 11.1. The summed E-state index contributed by atoms with van der Waals surface area (Å²) in [7, 11) is -1.57. The van der Waals surface area contributed by atoms with Gasteiger partial charge in [0.1, 0.15) is 16.6 Å². The molecule has 0 heterocycles. The van der Waals surface area contributed by atoms with Gasteiger partial charge < -0.3 is 21.7 Å². The van der Waals surface area contributed by atoms with E-state index in [0.717, 1.165) is 30.4 Å². The van der Waals surface area contributed by atoms with E-state index >= 15 is 0 Å². The molecule has 2 amide bonds. The molecule has 0 aromatic heterocycles. The summed E-state index contributed by atoms with van der Waals surface area (Å²) in [6.45, 7) is 6.97. The molecule has 5 N–H and O–H groups in total. The van der Waals surface area contributed by atoms with Gasteiger partial charge in [0, 0.05) is 72.9 Å². The number of benzene rings is 2. The van der Waals surface area contributed by atoms with Crippen LogP contribution in [-0.4, -0.2) is 36.7 Å². The number of thiol groups is 1. The van der Waals surface area contributed by atoms with Crippen molar-refractivity contribution in [1.82, 2.24) is 16.0 Å². The molecule has 0 fully saturated rings. The van der Waals surface area contributed by atoms with Gasteiger partial charge in [-0.2, -0.15) is 18.2 Å². The number of alkyl halides is 2. The van der Waals surface area contributed by atoms with Crippen LogP contribution in [-0.2, 0) is 32.9 Å². The first kappa shape index (κ1) is 35.7. The number of carbonyl (C=O) groups is 2. The molecule has 0 aliphatic carbocycles. The average molecular weight is 691 g/mol. The van der Waals surface area contributed by atoms with Crippen LogP contribution >= 0.6 is 0 Å². The Balaban J connectivity index is 0.00000760. The molecule has 214 valence electrons. The molecule has 1 unspecified atom stereocenters. The molecule has 0 bridgehead atoms. The summed E-state index contributed by atoms with van der Waals surface area (Å²) in [6.07, 6.45) is -0.140. The van der Waals surface area contributed by atoms with E-state index in [1.807, 2.05) is 39.0 Å². The van der Waals surface area contributed by atoms with E-state index in [9.17, 15) is 22.6 Å². The van der Waals surface area contributed by atoms with Crippen LogP contribution in [0.2, 0.25) is 0 Å². The van der Waals surface area contributed by atoms with Crippen molar-refractivity contribution in [2.24, 2.45) is 5.73 Å². The van der Waals surface area contributed by atoms with E-state index in [0.29, 0.717) is 35.7 Å². The summed E-state index contributed by atoms with van der Waals surface area (Å²) in [4.78, 5) is 25.2. The zero-order valence-electron chi connectivity index (χ0n) is 22.9. The van der Waals surface area contributed by atoms with Gasteiger partial charge in [-0.15, -0.1) is 9.77 Å². The average Bonchev–Trinajstić information content (AvgIpc) is 2.90. The van der Waals surface area contributed by atoms with Gasteiger partial charge in [-0.05, 0) is 58.3 Å². The third-order valence-electron chi connectivity index (χ3n) is 6.23. The van der Waals surface area contributed by atoms with E-state index in [-0.39, 0.29) is 77.9 Å². The molecule has 11 heteroatoms. The molecule has 0 saturated heterocycles. The van der Waals surface area contributed by atoms with E-state index in [2.05, 4.69) is 22.0 Å². The van der Waals surface area contributed by atoms with Gasteiger partial charge in [-0.3, -0.25) is 9.59 Å². The van der Waals surface area contributed by atoms with Crippen molar-refractivity contribution in [2.45, 2.75) is 76.9 Å². The molecule has 7 nitrogen and oxygen atoms in total. The standard InChI is InChI=1S/C28H39F2N4O3S.Ce/c1-4-23(34-26(35)12-13-31)7-6-14-32-17-21-10-9-20(16-24(21)27(29)30)28(36)33-18-22-15-19(3)8-11-25(22)38(37)5-2;/h8-9,11,15-16,23,27,32H,4-7,12-14,17-18,31H2,1-3H3,(H,33,36)(H,34,35);/q-1;/p+1/t23-,38?;/m1./s1. The van der Waals surface area contributed by atoms with Crippen molar-refractivity contribution >= 4 is 22.6 Å². The van der Waals surface area contributed by atoms with Crippen molar-refractivity contribution in [1.29, 1.82) is 0 Å². The molecular weight excluding hydrogens is 651 g/mol. The number of halogens is 2. The zero-order chi connectivity index (χ0) is 28.1. The molecule has 0 aliphatic heterocycles. The number of hydrogen-bond donors (Lipinski definition) is 4. The molecule has 2 aromatic carbocycles. The minimum atomic E-state index is -2.75. The van der Waals surface area contributed by atoms with Crippen LogP contribution in [0.3, 0.4) is 0 Å². The Morgan fingerprint density at radius 2 is 1.90 bits per heavy atom. The second-order valence-corrected chi connectivity index (χ2v) is 11.0. The number of nitrogens with two attached hydrogens (primary N) is 1. The summed E-state index contributed by atoms with van der Waals surface area (Å²) in [5.41, 5.74) is 7.30. The minimum Gasteiger partial charge on any atom is -0.358 e. The topological polar surface area (TPSA) is 113 Å². The second kappa shape index (κ2) is 18.9. The Hall–Kier alpha value is -1.31. The molecular formula is C28H40CeF2N4O3S. The molecule has 0 aliphatic rings. The number of aryl methyl sites for hydroxylation is 1. The molecule has 2 atom stereocenters. The fraction of sp³-hybridized carbons (Fsp3) is 0.500. The van der Waals surface area contributed by atoms with Crippen LogP contribution in [0.5, 0.6) is 0 Å².